The van der Waals surface area contributed by atoms with E-state index in [0.29, 0.717) is 0 Å². The maximum Gasteiger partial charge on any atom is 0.191 e. The maximum atomic E-state index is 10.5. The molecule has 0 amide bonds. The molecule has 0 aliphatic rings. The second kappa shape index (κ2) is 4.40. The minimum Gasteiger partial charge on any atom is -0.292 e. The van der Waals surface area contributed by atoms with E-state index >= 15 is 0 Å². The van der Waals surface area contributed by atoms with Crippen molar-refractivity contribution in [3.8, 4) is 0 Å². The lowest BCUT2D eigenvalue weighted by Gasteiger charge is -1.90. The third-order valence-electron chi connectivity index (χ3n) is 0.532. The first kappa shape index (κ1) is 9.57. The first-order chi connectivity index (χ1) is 4.09. The molecule has 0 saturated carbocycles. The number of Topliss-reactive ketones (excluding diaryl/α,β-unsaturated/α-hetero) is 1. The van der Waals surface area contributed by atoms with Crippen LogP contribution in [0.2, 0.25) is 0 Å². The van der Waals surface area contributed by atoms with Crippen LogP contribution in [-0.4, -0.2) is 11.7 Å². The van der Waals surface area contributed by atoms with Gasteiger partial charge in [0.15, 0.2) is 5.78 Å². The summed E-state index contributed by atoms with van der Waals surface area (Å²) in [4.78, 5) is 10.5. The van der Waals surface area contributed by atoms with E-state index in [0.717, 1.165) is 0 Å². The minimum absolute atomic E-state index is 0.207. The average molecular weight is 208 g/mol. The molecule has 0 aromatic carbocycles. The van der Waals surface area contributed by atoms with Crippen molar-refractivity contribution in [3.05, 3.63) is 9.52 Å². The van der Waals surface area contributed by atoms with Gasteiger partial charge in [-0.1, -0.05) is 34.8 Å². The Balaban J connectivity index is 4.21. The van der Waals surface area contributed by atoms with Crippen molar-refractivity contribution < 1.29 is 4.79 Å². The fourth-order valence-electron chi connectivity index (χ4n) is 0.164. The van der Waals surface area contributed by atoms with E-state index in [4.69, 9.17) is 46.4 Å². The van der Waals surface area contributed by atoms with Gasteiger partial charge in [-0.3, -0.25) is 4.79 Å². The zero-order valence-electron chi connectivity index (χ0n) is 4.13. The van der Waals surface area contributed by atoms with E-state index in [1.807, 2.05) is 0 Å². The quantitative estimate of drug-likeness (QED) is 0.503. The molecular weight excluding hydrogens is 206 g/mol. The van der Waals surface area contributed by atoms with Crippen LogP contribution in [0.25, 0.3) is 0 Å². The monoisotopic (exact) mass is 206 g/mol. The lowest BCUT2D eigenvalue weighted by molar-refractivity contribution is -0.112. The molecule has 0 fully saturated rings. The molecule has 0 unspecified atom stereocenters. The Kier molecular flexibility index (Phi) is 4.67. The summed E-state index contributed by atoms with van der Waals surface area (Å²) >= 11 is 20.6. The fraction of sp³-hybridized carbons (Fsp3) is 0.250. The van der Waals surface area contributed by atoms with Crippen molar-refractivity contribution in [2.45, 2.75) is 0 Å². The number of carbonyl (C=O) groups excluding carboxylic acids is 1. The lowest BCUT2D eigenvalue weighted by Crippen LogP contribution is -1.98. The number of carbonyl (C=O) groups is 1. The first-order valence-corrected chi connectivity index (χ1v) is 3.56. The van der Waals surface area contributed by atoms with Crippen LogP contribution in [0.4, 0.5) is 0 Å². The molecule has 5 heteroatoms. The van der Waals surface area contributed by atoms with E-state index in [1.165, 1.54) is 0 Å². The average Bonchev–Trinajstić information content (AvgIpc) is 1.84. The molecule has 0 heterocycles. The van der Waals surface area contributed by atoms with Crippen LogP contribution in [0, 0.1) is 0 Å². The second-order valence-corrected chi connectivity index (χ2v) is 2.73. The van der Waals surface area contributed by atoms with Gasteiger partial charge in [0.1, 0.15) is 9.52 Å². The number of rotatable bonds is 2. The molecule has 0 aromatic heterocycles. The van der Waals surface area contributed by atoms with Crippen LogP contribution in [-0.2, 0) is 4.79 Å². The first-order valence-electron chi connectivity index (χ1n) is 1.89. The molecule has 0 saturated heterocycles. The summed E-state index contributed by atoms with van der Waals surface area (Å²) in [5.74, 6) is -0.680. The van der Waals surface area contributed by atoms with Crippen LogP contribution in [0.1, 0.15) is 0 Å². The summed E-state index contributed by atoms with van der Waals surface area (Å²) in [6.07, 6.45) is 0. The Bertz CT molecular complexity index is 147. The molecule has 0 bridgehead atoms. The van der Waals surface area contributed by atoms with E-state index in [2.05, 4.69) is 0 Å². The number of alkyl halides is 1. The summed E-state index contributed by atoms with van der Waals surface area (Å²) in [6, 6.07) is 0. The second-order valence-electron chi connectivity index (χ2n) is 1.13. The van der Waals surface area contributed by atoms with Crippen LogP contribution in [0.5, 0.6) is 0 Å². The maximum absolute atomic E-state index is 10.5. The van der Waals surface area contributed by atoms with Gasteiger partial charge in [0.2, 0.25) is 0 Å². The zero-order chi connectivity index (χ0) is 7.44. The van der Waals surface area contributed by atoms with Gasteiger partial charge in [-0.2, -0.15) is 0 Å². The molecule has 1 nitrogen and oxygen atoms in total. The number of hydrogen-bond acceptors (Lipinski definition) is 1. The van der Waals surface area contributed by atoms with Crippen LogP contribution >= 0.6 is 46.4 Å². The molecular formula is C4H2Cl4O. The molecule has 0 N–H and O–H groups in total. The van der Waals surface area contributed by atoms with Crippen molar-refractivity contribution in [2.24, 2.45) is 0 Å². The highest BCUT2D eigenvalue weighted by atomic mass is 35.5. The van der Waals surface area contributed by atoms with Gasteiger partial charge in [-0.15, -0.1) is 11.6 Å². The van der Waals surface area contributed by atoms with Crippen molar-refractivity contribution in [1.29, 1.82) is 0 Å². The fourth-order valence-corrected chi connectivity index (χ4v) is 0.644. The summed E-state index contributed by atoms with van der Waals surface area (Å²) in [7, 11) is 0. The number of allylic oxidation sites excluding steroid dienone is 1. The number of hydrogen-bond donors (Lipinski definition) is 0. The van der Waals surface area contributed by atoms with E-state index < -0.39 is 5.78 Å². The van der Waals surface area contributed by atoms with Crippen LogP contribution in [0.3, 0.4) is 0 Å². The Morgan fingerprint density at radius 3 is 1.78 bits per heavy atom. The van der Waals surface area contributed by atoms with Gasteiger partial charge < -0.3 is 0 Å². The third kappa shape index (κ3) is 3.31. The molecule has 0 rings (SSSR count). The Hall–Kier alpha value is 0.570. The largest absolute Gasteiger partial charge is 0.292 e. The predicted molar refractivity (Wildman–Crippen MR) is 40.3 cm³/mol. The highest BCUT2D eigenvalue weighted by Gasteiger charge is 2.07. The molecule has 0 aliphatic heterocycles. The molecule has 9 heavy (non-hydrogen) atoms. The van der Waals surface area contributed by atoms with Crippen LogP contribution in [0.15, 0.2) is 9.52 Å². The molecule has 0 atom stereocenters. The van der Waals surface area contributed by atoms with Gasteiger partial charge in [0.25, 0.3) is 0 Å². The normalized spacial score (nSPS) is 8.89. The summed E-state index contributed by atoms with van der Waals surface area (Å²) < 4.78 is -0.248. The third-order valence-corrected chi connectivity index (χ3v) is 1.75. The van der Waals surface area contributed by atoms with Gasteiger partial charge in [-0.25, -0.2) is 0 Å². The topological polar surface area (TPSA) is 17.1 Å². The van der Waals surface area contributed by atoms with Gasteiger partial charge in [-0.05, 0) is 0 Å². The summed E-state index contributed by atoms with van der Waals surface area (Å²) in [5.41, 5.74) is 0. The molecule has 52 valence electrons. The molecule has 0 aliphatic carbocycles. The van der Waals surface area contributed by atoms with E-state index in [1.54, 1.807) is 0 Å². The van der Waals surface area contributed by atoms with Gasteiger partial charge in [0, 0.05) is 0 Å². The van der Waals surface area contributed by atoms with E-state index in [9.17, 15) is 4.79 Å². The Morgan fingerprint density at radius 2 is 1.67 bits per heavy atom. The van der Waals surface area contributed by atoms with Gasteiger partial charge >= 0.3 is 0 Å². The zero-order valence-corrected chi connectivity index (χ0v) is 7.15. The van der Waals surface area contributed by atoms with Gasteiger partial charge in [0.05, 0.1) is 5.88 Å². The lowest BCUT2D eigenvalue weighted by atomic mass is 10.4. The molecule has 0 spiro atoms. The smallest absolute Gasteiger partial charge is 0.191 e. The molecule has 0 aromatic rings. The number of ketones is 1. The predicted octanol–water partition coefficient (Wildman–Crippen LogP) is 2.68. The highest BCUT2D eigenvalue weighted by molar-refractivity contribution is 6.63. The van der Waals surface area contributed by atoms with Crippen molar-refractivity contribution >= 4 is 52.2 Å². The van der Waals surface area contributed by atoms with E-state index in [-0.39, 0.29) is 15.4 Å². The van der Waals surface area contributed by atoms with Crippen molar-refractivity contribution in [3.63, 3.8) is 0 Å². The highest BCUT2D eigenvalue weighted by Crippen LogP contribution is 2.18. The minimum atomic E-state index is -0.474. The van der Waals surface area contributed by atoms with Crippen LogP contribution < -0.4 is 0 Å². The SMILES string of the molecule is O=C(CCl)C(Cl)=C(Cl)Cl. The Labute approximate surface area is 72.5 Å². The Morgan fingerprint density at radius 1 is 1.22 bits per heavy atom. The van der Waals surface area contributed by atoms with Crippen molar-refractivity contribution in [1.82, 2.24) is 0 Å². The van der Waals surface area contributed by atoms with Crippen molar-refractivity contribution in [2.75, 3.05) is 5.88 Å². The summed E-state index contributed by atoms with van der Waals surface area (Å²) in [6.45, 7) is 0. The number of halogens is 4. The standard InChI is InChI=1S/C4H2Cl4O/c5-1-2(9)3(6)4(7)8/h1H2. The molecule has 0 radical (unpaired) electrons. The summed E-state index contributed by atoms with van der Waals surface area (Å²) in [5, 5.41) is -0.215.